The zero-order chi connectivity index (χ0) is 14.7. The van der Waals surface area contributed by atoms with Crippen LogP contribution in [0.4, 0.5) is 5.69 Å². The van der Waals surface area contributed by atoms with E-state index in [9.17, 15) is 10.1 Å². The standard InChI is InChI=1S/C14H17N3O2S/c1-9-7-16-12(10(2)14(9)17(18)19)8-15-11(3)13-5-4-6-20-13/h4-7,11,15H,8H2,1-3H3/t11-/m0/s1. The van der Waals surface area contributed by atoms with Gasteiger partial charge >= 0.3 is 0 Å². The highest BCUT2D eigenvalue weighted by Gasteiger charge is 2.18. The zero-order valence-electron chi connectivity index (χ0n) is 11.7. The number of pyridine rings is 1. The topological polar surface area (TPSA) is 68.1 Å². The van der Waals surface area contributed by atoms with Crippen molar-refractivity contribution in [3.05, 3.63) is 55.5 Å². The van der Waals surface area contributed by atoms with Crippen LogP contribution in [0.15, 0.2) is 23.7 Å². The van der Waals surface area contributed by atoms with Gasteiger partial charge in [-0.3, -0.25) is 15.1 Å². The van der Waals surface area contributed by atoms with Crippen molar-refractivity contribution in [2.24, 2.45) is 0 Å². The monoisotopic (exact) mass is 291 g/mol. The molecule has 20 heavy (non-hydrogen) atoms. The van der Waals surface area contributed by atoms with Gasteiger partial charge in [0, 0.05) is 34.8 Å². The van der Waals surface area contributed by atoms with E-state index in [0.29, 0.717) is 17.7 Å². The smallest absolute Gasteiger partial charge is 0.278 e. The Kier molecular flexibility index (Phi) is 4.46. The molecule has 0 spiro atoms. The number of hydrogen-bond acceptors (Lipinski definition) is 5. The molecule has 2 heterocycles. The fourth-order valence-corrected chi connectivity index (χ4v) is 2.87. The summed E-state index contributed by atoms with van der Waals surface area (Å²) in [6.45, 7) is 6.06. The number of nitrogens with one attached hydrogen (secondary N) is 1. The molecule has 0 saturated carbocycles. The molecule has 2 aromatic rings. The Morgan fingerprint density at radius 2 is 2.25 bits per heavy atom. The van der Waals surface area contributed by atoms with Gasteiger partial charge in [0.25, 0.3) is 5.69 Å². The van der Waals surface area contributed by atoms with Crippen LogP contribution in [-0.2, 0) is 6.54 Å². The summed E-state index contributed by atoms with van der Waals surface area (Å²) in [5, 5.41) is 16.5. The lowest BCUT2D eigenvalue weighted by molar-refractivity contribution is -0.386. The van der Waals surface area contributed by atoms with Crippen LogP contribution >= 0.6 is 11.3 Å². The summed E-state index contributed by atoms with van der Waals surface area (Å²) in [6.07, 6.45) is 1.57. The maximum absolute atomic E-state index is 11.1. The number of aromatic nitrogens is 1. The molecule has 0 aliphatic carbocycles. The average Bonchev–Trinajstić information content (AvgIpc) is 2.91. The molecule has 0 aliphatic rings. The van der Waals surface area contributed by atoms with E-state index in [-0.39, 0.29) is 16.7 Å². The first-order valence-corrected chi connectivity index (χ1v) is 7.25. The minimum atomic E-state index is -0.335. The van der Waals surface area contributed by atoms with E-state index in [1.807, 2.05) is 11.4 Å². The second-order valence-corrected chi connectivity index (χ2v) is 5.72. The molecule has 2 rings (SSSR count). The maximum atomic E-state index is 11.1. The van der Waals surface area contributed by atoms with Crippen LogP contribution in [0.2, 0.25) is 0 Å². The molecule has 6 heteroatoms. The number of thiophene rings is 1. The number of nitrogens with zero attached hydrogens (tertiary/aromatic N) is 2. The molecule has 106 valence electrons. The zero-order valence-corrected chi connectivity index (χ0v) is 12.5. The summed E-state index contributed by atoms with van der Waals surface area (Å²) >= 11 is 1.69. The van der Waals surface area contributed by atoms with Crippen LogP contribution in [0.5, 0.6) is 0 Å². The lowest BCUT2D eigenvalue weighted by atomic mass is 10.1. The molecular formula is C14H17N3O2S. The molecule has 0 amide bonds. The summed E-state index contributed by atoms with van der Waals surface area (Å²) < 4.78 is 0. The third-order valence-electron chi connectivity index (χ3n) is 3.30. The fraction of sp³-hybridized carbons (Fsp3) is 0.357. The Morgan fingerprint density at radius 3 is 2.85 bits per heavy atom. The average molecular weight is 291 g/mol. The summed E-state index contributed by atoms with van der Waals surface area (Å²) in [6, 6.07) is 4.29. The molecule has 0 bridgehead atoms. The summed E-state index contributed by atoms with van der Waals surface area (Å²) in [7, 11) is 0. The van der Waals surface area contributed by atoms with Gasteiger partial charge in [-0.1, -0.05) is 6.07 Å². The van der Waals surface area contributed by atoms with E-state index in [4.69, 9.17) is 0 Å². The molecule has 0 aromatic carbocycles. The van der Waals surface area contributed by atoms with Gasteiger partial charge < -0.3 is 5.32 Å². The van der Waals surface area contributed by atoms with Crippen molar-refractivity contribution in [2.75, 3.05) is 0 Å². The molecular weight excluding hydrogens is 274 g/mol. The van der Waals surface area contributed by atoms with Crippen LogP contribution < -0.4 is 5.32 Å². The van der Waals surface area contributed by atoms with Crippen molar-refractivity contribution in [1.29, 1.82) is 0 Å². The van der Waals surface area contributed by atoms with Gasteiger partial charge in [0.05, 0.1) is 10.6 Å². The minimum absolute atomic E-state index is 0.167. The predicted octanol–water partition coefficient (Wildman–Crippen LogP) is 3.52. The second-order valence-electron chi connectivity index (χ2n) is 4.74. The molecule has 0 radical (unpaired) electrons. The molecule has 5 nitrogen and oxygen atoms in total. The van der Waals surface area contributed by atoms with Gasteiger partial charge in [0.2, 0.25) is 0 Å². The van der Waals surface area contributed by atoms with E-state index in [1.54, 1.807) is 31.4 Å². The van der Waals surface area contributed by atoms with Gasteiger partial charge in [-0.2, -0.15) is 0 Å². The highest BCUT2D eigenvalue weighted by Crippen LogP contribution is 2.25. The lowest BCUT2D eigenvalue weighted by Gasteiger charge is -2.13. The van der Waals surface area contributed by atoms with Crippen LogP contribution in [-0.4, -0.2) is 9.91 Å². The van der Waals surface area contributed by atoms with Gasteiger partial charge in [-0.15, -0.1) is 11.3 Å². The third kappa shape index (κ3) is 3.02. The highest BCUT2D eigenvalue weighted by molar-refractivity contribution is 7.10. The Morgan fingerprint density at radius 1 is 1.50 bits per heavy atom. The van der Waals surface area contributed by atoms with E-state index in [0.717, 1.165) is 5.69 Å². The molecule has 0 fully saturated rings. The first-order valence-electron chi connectivity index (χ1n) is 6.37. The highest BCUT2D eigenvalue weighted by atomic mass is 32.1. The van der Waals surface area contributed by atoms with Gasteiger partial charge in [0.1, 0.15) is 0 Å². The second kappa shape index (κ2) is 6.11. The van der Waals surface area contributed by atoms with E-state index in [2.05, 4.69) is 23.3 Å². The first-order chi connectivity index (χ1) is 9.50. The Labute approximate surface area is 121 Å². The first kappa shape index (κ1) is 14.6. The quantitative estimate of drug-likeness (QED) is 0.676. The van der Waals surface area contributed by atoms with Crippen molar-refractivity contribution < 1.29 is 4.92 Å². The molecule has 1 atom stereocenters. The number of nitro groups is 1. The summed E-state index contributed by atoms with van der Waals surface area (Å²) in [5.41, 5.74) is 2.13. The van der Waals surface area contributed by atoms with E-state index in [1.165, 1.54) is 4.88 Å². The summed E-state index contributed by atoms with van der Waals surface area (Å²) in [4.78, 5) is 16.3. The van der Waals surface area contributed by atoms with Crippen molar-refractivity contribution in [1.82, 2.24) is 10.3 Å². The SMILES string of the molecule is Cc1cnc(CN[C@@H](C)c2cccs2)c(C)c1[N+](=O)[O-]. The Bertz CT molecular complexity index is 611. The van der Waals surface area contributed by atoms with Crippen molar-refractivity contribution >= 4 is 17.0 Å². The third-order valence-corrected chi connectivity index (χ3v) is 4.36. The maximum Gasteiger partial charge on any atom is 0.278 e. The van der Waals surface area contributed by atoms with Crippen LogP contribution in [0.1, 0.15) is 34.7 Å². The van der Waals surface area contributed by atoms with Crippen LogP contribution in [0.25, 0.3) is 0 Å². The minimum Gasteiger partial charge on any atom is -0.304 e. The number of hydrogen-bond donors (Lipinski definition) is 1. The van der Waals surface area contributed by atoms with E-state index >= 15 is 0 Å². The molecule has 0 aliphatic heterocycles. The van der Waals surface area contributed by atoms with Crippen molar-refractivity contribution in [3.8, 4) is 0 Å². The van der Waals surface area contributed by atoms with E-state index < -0.39 is 0 Å². The molecule has 1 N–H and O–H groups in total. The van der Waals surface area contributed by atoms with Crippen molar-refractivity contribution in [3.63, 3.8) is 0 Å². The lowest BCUT2D eigenvalue weighted by Crippen LogP contribution is -2.19. The molecule has 0 unspecified atom stereocenters. The Balaban J connectivity index is 2.14. The predicted molar refractivity (Wildman–Crippen MR) is 79.9 cm³/mol. The van der Waals surface area contributed by atoms with Gasteiger partial charge in [-0.25, -0.2) is 0 Å². The van der Waals surface area contributed by atoms with Crippen molar-refractivity contribution in [2.45, 2.75) is 33.4 Å². The molecule has 2 aromatic heterocycles. The number of rotatable bonds is 5. The van der Waals surface area contributed by atoms with Gasteiger partial charge in [0.15, 0.2) is 0 Å². The molecule has 0 saturated heterocycles. The van der Waals surface area contributed by atoms with Crippen LogP contribution in [0.3, 0.4) is 0 Å². The Hall–Kier alpha value is -1.79. The summed E-state index contributed by atoms with van der Waals surface area (Å²) in [5.74, 6) is 0. The largest absolute Gasteiger partial charge is 0.304 e. The van der Waals surface area contributed by atoms with Crippen LogP contribution in [0, 0.1) is 24.0 Å². The number of aryl methyl sites for hydroxylation is 1. The fourth-order valence-electron chi connectivity index (χ4n) is 2.11. The van der Waals surface area contributed by atoms with Gasteiger partial charge in [-0.05, 0) is 32.2 Å². The normalized spacial score (nSPS) is 12.3.